The average molecular weight is 220 g/mol. The van der Waals surface area contributed by atoms with Crippen LogP contribution in [0.2, 0.25) is 0 Å². The summed E-state index contributed by atoms with van der Waals surface area (Å²) in [4.78, 5) is 11.7. The quantitative estimate of drug-likeness (QED) is 0.800. The van der Waals surface area contributed by atoms with E-state index in [0.29, 0.717) is 11.5 Å². The number of hydrogen-bond donors (Lipinski definition) is 2. The molecule has 2 N–H and O–H groups in total. The molecule has 1 rings (SSSR count). The van der Waals surface area contributed by atoms with Crippen molar-refractivity contribution in [3.63, 3.8) is 0 Å². The number of anilines is 1. The molecule has 0 saturated carbocycles. The fourth-order valence-corrected chi connectivity index (χ4v) is 1.30. The normalized spacial score (nSPS) is 11.9. The van der Waals surface area contributed by atoms with Gasteiger partial charge in [-0.1, -0.05) is 20.3 Å². The molecule has 1 aromatic rings. The summed E-state index contributed by atoms with van der Waals surface area (Å²) in [6.45, 7) is 4.99. The van der Waals surface area contributed by atoms with Crippen molar-refractivity contribution in [2.45, 2.75) is 20.3 Å². The van der Waals surface area contributed by atoms with Gasteiger partial charge in [0.1, 0.15) is 0 Å². The Morgan fingerprint density at radius 2 is 1.94 bits per heavy atom. The molecule has 0 radical (unpaired) electrons. The monoisotopic (exact) mass is 220 g/mol. The van der Waals surface area contributed by atoms with Crippen LogP contribution in [0.4, 0.5) is 5.69 Å². The van der Waals surface area contributed by atoms with Gasteiger partial charge in [0.25, 0.3) is 5.91 Å². The minimum Gasteiger partial charge on any atom is -0.388 e. The van der Waals surface area contributed by atoms with Crippen molar-refractivity contribution >= 4 is 11.6 Å². The minimum absolute atomic E-state index is 0.00273. The van der Waals surface area contributed by atoms with Crippen molar-refractivity contribution in [3.05, 3.63) is 29.8 Å². The van der Waals surface area contributed by atoms with E-state index in [1.165, 1.54) is 0 Å². The fourth-order valence-electron chi connectivity index (χ4n) is 1.30. The number of amides is 1. The van der Waals surface area contributed by atoms with Crippen LogP contribution in [-0.2, 0) is 0 Å². The van der Waals surface area contributed by atoms with Crippen LogP contribution in [0.3, 0.4) is 0 Å². The van der Waals surface area contributed by atoms with E-state index in [1.807, 2.05) is 31.3 Å². The molecule has 1 aromatic carbocycles. The first-order chi connectivity index (χ1) is 7.67. The number of hydrogen-bond acceptors (Lipinski definition) is 2. The van der Waals surface area contributed by atoms with Gasteiger partial charge in [-0.25, -0.2) is 0 Å². The van der Waals surface area contributed by atoms with Crippen LogP contribution in [0.1, 0.15) is 30.6 Å². The molecule has 0 heterocycles. The Morgan fingerprint density at radius 3 is 2.44 bits per heavy atom. The average Bonchev–Trinajstić information content (AvgIpc) is 2.35. The smallest absolute Gasteiger partial charge is 0.251 e. The van der Waals surface area contributed by atoms with E-state index in [4.69, 9.17) is 0 Å². The van der Waals surface area contributed by atoms with Crippen LogP contribution in [0.15, 0.2) is 24.3 Å². The first-order valence-electron chi connectivity index (χ1n) is 5.73. The zero-order valence-electron chi connectivity index (χ0n) is 10.2. The van der Waals surface area contributed by atoms with Gasteiger partial charge in [-0.2, -0.15) is 0 Å². The summed E-state index contributed by atoms with van der Waals surface area (Å²) in [5.41, 5.74) is 1.72. The van der Waals surface area contributed by atoms with E-state index in [9.17, 15) is 4.79 Å². The Balaban J connectivity index is 2.52. The number of carbonyl (C=O) groups excluding carboxylic acids is 1. The van der Waals surface area contributed by atoms with E-state index < -0.39 is 0 Å². The zero-order valence-corrected chi connectivity index (χ0v) is 10.2. The lowest BCUT2D eigenvalue weighted by atomic mass is 10.1. The molecule has 3 nitrogen and oxygen atoms in total. The zero-order chi connectivity index (χ0) is 12.0. The molecule has 1 amide bonds. The van der Waals surface area contributed by atoms with Crippen LogP contribution >= 0.6 is 0 Å². The van der Waals surface area contributed by atoms with Gasteiger partial charge in [-0.3, -0.25) is 4.79 Å². The van der Waals surface area contributed by atoms with E-state index in [-0.39, 0.29) is 5.91 Å². The van der Waals surface area contributed by atoms with Gasteiger partial charge in [0.05, 0.1) is 0 Å². The van der Waals surface area contributed by atoms with Gasteiger partial charge < -0.3 is 10.6 Å². The Bertz CT molecular complexity index is 332. The highest BCUT2D eigenvalue weighted by molar-refractivity contribution is 5.94. The topological polar surface area (TPSA) is 41.1 Å². The minimum atomic E-state index is 0.00273. The summed E-state index contributed by atoms with van der Waals surface area (Å²) in [7, 11) is 1.86. The van der Waals surface area contributed by atoms with E-state index >= 15 is 0 Å². The molecule has 0 spiro atoms. The van der Waals surface area contributed by atoms with Crippen LogP contribution in [-0.4, -0.2) is 19.5 Å². The lowest BCUT2D eigenvalue weighted by Gasteiger charge is -2.10. The molecular weight excluding hydrogens is 200 g/mol. The van der Waals surface area contributed by atoms with Gasteiger partial charge >= 0.3 is 0 Å². The van der Waals surface area contributed by atoms with Crippen LogP contribution in [0, 0.1) is 5.92 Å². The summed E-state index contributed by atoms with van der Waals surface area (Å²) < 4.78 is 0. The summed E-state index contributed by atoms with van der Waals surface area (Å²) in [5, 5.41) is 5.95. The first-order valence-corrected chi connectivity index (χ1v) is 5.73. The van der Waals surface area contributed by atoms with E-state index in [0.717, 1.165) is 18.7 Å². The van der Waals surface area contributed by atoms with Crippen LogP contribution in [0.5, 0.6) is 0 Å². The van der Waals surface area contributed by atoms with Gasteiger partial charge in [-0.15, -0.1) is 0 Å². The van der Waals surface area contributed by atoms with Crippen LogP contribution < -0.4 is 10.6 Å². The first kappa shape index (κ1) is 12.6. The lowest BCUT2D eigenvalue weighted by Crippen LogP contribution is -2.27. The Morgan fingerprint density at radius 1 is 1.31 bits per heavy atom. The van der Waals surface area contributed by atoms with Crippen molar-refractivity contribution in [2.24, 2.45) is 5.92 Å². The van der Waals surface area contributed by atoms with Crippen molar-refractivity contribution in [1.29, 1.82) is 0 Å². The molecule has 0 aliphatic heterocycles. The second kappa shape index (κ2) is 6.16. The van der Waals surface area contributed by atoms with Gasteiger partial charge in [0, 0.05) is 24.8 Å². The summed E-state index contributed by atoms with van der Waals surface area (Å²) in [6, 6.07) is 7.46. The number of rotatable bonds is 5. The van der Waals surface area contributed by atoms with E-state index in [2.05, 4.69) is 24.5 Å². The number of benzene rings is 1. The molecule has 0 bridgehead atoms. The molecule has 3 heteroatoms. The molecule has 1 unspecified atom stereocenters. The second-order valence-corrected chi connectivity index (χ2v) is 4.05. The van der Waals surface area contributed by atoms with Crippen molar-refractivity contribution in [1.82, 2.24) is 5.32 Å². The highest BCUT2D eigenvalue weighted by Gasteiger charge is 2.06. The molecule has 16 heavy (non-hydrogen) atoms. The van der Waals surface area contributed by atoms with Crippen molar-refractivity contribution in [3.8, 4) is 0 Å². The predicted octanol–water partition coefficient (Wildman–Crippen LogP) is 2.50. The fraction of sp³-hybridized carbons (Fsp3) is 0.462. The molecule has 0 saturated heterocycles. The highest BCUT2D eigenvalue weighted by atomic mass is 16.1. The van der Waals surface area contributed by atoms with Crippen molar-refractivity contribution < 1.29 is 4.79 Å². The molecule has 88 valence electrons. The summed E-state index contributed by atoms with van der Waals surface area (Å²) in [6.07, 6.45) is 1.08. The third-order valence-corrected chi connectivity index (χ3v) is 2.74. The van der Waals surface area contributed by atoms with Gasteiger partial charge in [0.2, 0.25) is 0 Å². The molecule has 0 aliphatic rings. The maximum atomic E-state index is 11.7. The predicted molar refractivity (Wildman–Crippen MR) is 67.8 cm³/mol. The van der Waals surface area contributed by atoms with Crippen LogP contribution in [0.25, 0.3) is 0 Å². The Kier molecular flexibility index (Phi) is 4.83. The van der Waals surface area contributed by atoms with E-state index in [1.54, 1.807) is 0 Å². The lowest BCUT2D eigenvalue weighted by molar-refractivity contribution is 0.0948. The number of carbonyl (C=O) groups is 1. The Labute approximate surface area is 97.2 Å². The highest BCUT2D eigenvalue weighted by Crippen LogP contribution is 2.08. The molecule has 0 aromatic heterocycles. The Hall–Kier alpha value is -1.51. The SMILES string of the molecule is CCC(C)CNC(=O)c1ccc(NC)cc1. The summed E-state index contributed by atoms with van der Waals surface area (Å²) in [5.74, 6) is 0.531. The van der Waals surface area contributed by atoms with Crippen molar-refractivity contribution in [2.75, 3.05) is 18.9 Å². The van der Waals surface area contributed by atoms with Gasteiger partial charge in [0.15, 0.2) is 0 Å². The molecule has 0 fully saturated rings. The molecule has 0 aliphatic carbocycles. The van der Waals surface area contributed by atoms with Gasteiger partial charge in [-0.05, 0) is 30.2 Å². The molecule has 1 atom stereocenters. The third kappa shape index (κ3) is 3.57. The third-order valence-electron chi connectivity index (χ3n) is 2.74. The molecular formula is C13H20N2O. The second-order valence-electron chi connectivity index (χ2n) is 4.05. The number of nitrogens with one attached hydrogen (secondary N) is 2. The maximum Gasteiger partial charge on any atom is 0.251 e. The summed E-state index contributed by atoms with van der Waals surface area (Å²) >= 11 is 0. The standard InChI is InChI=1S/C13H20N2O/c1-4-10(2)9-15-13(16)11-5-7-12(14-3)8-6-11/h5-8,10,14H,4,9H2,1-3H3,(H,15,16). The maximum absolute atomic E-state index is 11.7. The largest absolute Gasteiger partial charge is 0.388 e.